The Kier molecular flexibility index (Phi) is 5.07. The summed E-state index contributed by atoms with van der Waals surface area (Å²) < 4.78 is 27.1. The number of nitrogens with one attached hydrogen (secondary N) is 1. The van der Waals surface area contributed by atoms with Crippen molar-refractivity contribution >= 4 is 27.5 Å². The number of carbonyl (C=O) groups is 1. The van der Waals surface area contributed by atoms with Crippen LogP contribution in [0.4, 0.5) is 14.5 Å². The summed E-state index contributed by atoms with van der Waals surface area (Å²) in [5.41, 5.74) is 1.31. The van der Waals surface area contributed by atoms with Crippen molar-refractivity contribution in [2.45, 2.75) is 18.2 Å². The number of carbonyl (C=O) groups excluding carboxylic acids is 1. The van der Waals surface area contributed by atoms with Gasteiger partial charge in [0, 0.05) is 16.1 Å². The molecule has 0 aromatic heterocycles. The van der Waals surface area contributed by atoms with Crippen LogP contribution in [0.1, 0.15) is 22.9 Å². The Morgan fingerprint density at radius 1 is 1.14 bits per heavy atom. The molecular weight excluding hydrogens is 340 g/mol. The maximum absolute atomic E-state index is 13.5. The minimum absolute atomic E-state index is 0.0548. The predicted molar refractivity (Wildman–Crippen MR) is 82.5 cm³/mol. The van der Waals surface area contributed by atoms with Gasteiger partial charge in [-0.15, -0.1) is 0 Å². The minimum atomic E-state index is -0.715. The number of halogens is 3. The van der Waals surface area contributed by atoms with Crippen LogP contribution in [-0.2, 0) is 11.2 Å². The van der Waals surface area contributed by atoms with Gasteiger partial charge in [-0.25, -0.2) is 8.78 Å². The molecule has 0 radical (unpaired) electrons. The van der Waals surface area contributed by atoms with Crippen molar-refractivity contribution in [2.24, 2.45) is 0 Å². The Balaban J connectivity index is 2.16. The monoisotopic (exact) mass is 353 g/mol. The molecule has 0 bridgehead atoms. The first-order valence-electron chi connectivity index (χ1n) is 6.44. The van der Waals surface area contributed by atoms with E-state index in [4.69, 9.17) is 0 Å². The Bertz CT molecular complexity index is 638. The lowest BCUT2D eigenvalue weighted by Crippen LogP contribution is -2.17. The number of hydrogen-bond acceptors (Lipinski definition) is 1. The number of rotatable bonds is 4. The molecule has 110 valence electrons. The number of alkyl halides is 1. The van der Waals surface area contributed by atoms with Crippen LogP contribution in [0.2, 0.25) is 0 Å². The van der Waals surface area contributed by atoms with Gasteiger partial charge in [-0.05, 0) is 30.7 Å². The molecule has 0 heterocycles. The lowest BCUT2D eigenvalue weighted by Gasteiger charge is -2.13. The van der Waals surface area contributed by atoms with Crippen LogP contribution in [0.5, 0.6) is 0 Å². The average molecular weight is 354 g/mol. The Morgan fingerprint density at radius 2 is 1.76 bits per heavy atom. The highest BCUT2D eigenvalue weighted by molar-refractivity contribution is 9.09. The number of anilines is 1. The van der Waals surface area contributed by atoms with Gasteiger partial charge in [0.25, 0.3) is 0 Å². The molecule has 5 heteroatoms. The molecular formula is C16H14BrF2NO. The quantitative estimate of drug-likeness (QED) is 0.799. The van der Waals surface area contributed by atoms with Crippen LogP contribution < -0.4 is 5.32 Å². The van der Waals surface area contributed by atoms with E-state index >= 15 is 0 Å². The van der Waals surface area contributed by atoms with E-state index in [-0.39, 0.29) is 16.8 Å². The van der Waals surface area contributed by atoms with E-state index in [2.05, 4.69) is 21.2 Å². The molecule has 0 saturated heterocycles. The molecule has 0 fully saturated rings. The van der Waals surface area contributed by atoms with Gasteiger partial charge in [0.15, 0.2) is 0 Å². The standard InChI is InChI=1S/C16H14BrF2NO/c1-10(17)11-5-2-3-8-15(11)20-16(21)9-12-13(18)6-4-7-14(12)19/h2-8,10H,9H2,1H3,(H,20,21). The second-order valence-electron chi connectivity index (χ2n) is 4.63. The van der Waals surface area contributed by atoms with Gasteiger partial charge in [-0.1, -0.05) is 40.2 Å². The second kappa shape index (κ2) is 6.80. The van der Waals surface area contributed by atoms with Crippen molar-refractivity contribution < 1.29 is 13.6 Å². The summed E-state index contributed by atoms with van der Waals surface area (Å²) in [6.45, 7) is 1.93. The van der Waals surface area contributed by atoms with Gasteiger partial charge in [-0.3, -0.25) is 4.79 Å². The van der Waals surface area contributed by atoms with Crippen LogP contribution in [0.25, 0.3) is 0 Å². The van der Waals surface area contributed by atoms with Gasteiger partial charge in [0.1, 0.15) is 11.6 Å². The summed E-state index contributed by atoms with van der Waals surface area (Å²) in [4.78, 5) is 12.1. The van der Waals surface area contributed by atoms with Gasteiger partial charge in [-0.2, -0.15) is 0 Å². The van der Waals surface area contributed by atoms with Gasteiger partial charge >= 0.3 is 0 Å². The van der Waals surface area contributed by atoms with E-state index < -0.39 is 17.5 Å². The zero-order valence-corrected chi connectivity index (χ0v) is 13.0. The Labute approximate surface area is 130 Å². The molecule has 1 N–H and O–H groups in total. The van der Waals surface area contributed by atoms with Crippen molar-refractivity contribution in [2.75, 3.05) is 5.32 Å². The third-order valence-electron chi connectivity index (χ3n) is 3.06. The van der Waals surface area contributed by atoms with Crippen molar-refractivity contribution in [3.8, 4) is 0 Å². The topological polar surface area (TPSA) is 29.1 Å². The maximum Gasteiger partial charge on any atom is 0.229 e. The molecule has 21 heavy (non-hydrogen) atoms. The minimum Gasteiger partial charge on any atom is -0.326 e. The first-order valence-corrected chi connectivity index (χ1v) is 7.36. The van der Waals surface area contributed by atoms with Crippen molar-refractivity contribution in [3.63, 3.8) is 0 Å². The number of hydrogen-bond donors (Lipinski definition) is 1. The van der Waals surface area contributed by atoms with E-state index in [1.807, 2.05) is 19.1 Å². The maximum atomic E-state index is 13.5. The van der Waals surface area contributed by atoms with Crippen LogP contribution in [0.15, 0.2) is 42.5 Å². The Morgan fingerprint density at radius 3 is 2.38 bits per heavy atom. The summed E-state index contributed by atoms with van der Waals surface area (Å²) in [7, 11) is 0. The molecule has 0 aliphatic heterocycles. The summed E-state index contributed by atoms with van der Waals surface area (Å²) >= 11 is 3.44. The van der Waals surface area contributed by atoms with Crippen molar-refractivity contribution in [1.82, 2.24) is 0 Å². The van der Waals surface area contributed by atoms with E-state index in [1.165, 1.54) is 6.07 Å². The molecule has 1 amide bonds. The molecule has 2 rings (SSSR count). The first kappa shape index (κ1) is 15.6. The van der Waals surface area contributed by atoms with Gasteiger partial charge in [0.05, 0.1) is 6.42 Å². The van der Waals surface area contributed by atoms with Crippen LogP contribution in [-0.4, -0.2) is 5.91 Å². The Hall–Kier alpha value is -1.75. The van der Waals surface area contributed by atoms with Crippen LogP contribution in [0, 0.1) is 11.6 Å². The second-order valence-corrected chi connectivity index (χ2v) is 6.00. The van der Waals surface area contributed by atoms with Gasteiger partial charge in [0.2, 0.25) is 5.91 Å². The average Bonchev–Trinajstić information content (AvgIpc) is 2.43. The number of benzene rings is 2. The lowest BCUT2D eigenvalue weighted by atomic mass is 10.1. The molecule has 0 spiro atoms. The number of para-hydroxylation sites is 1. The van der Waals surface area contributed by atoms with Crippen LogP contribution >= 0.6 is 15.9 Å². The summed E-state index contributed by atoms with van der Waals surface area (Å²) in [6.07, 6.45) is -0.344. The smallest absolute Gasteiger partial charge is 0.229 e. The largest absolute Gasteiger partial charge is 0.326 e. The van der Waals surface area contributed by atoms with E-state index in [0.29, 0.717) is 5.69 Å². The predicted octanol–water partition coefficient (Wildman–Crippen LogP) is 4.60. The molecule has 0 saturated carbocycles. The normalized spacial score (nSPS) is 12.0. The molecule has 2 aromatic carbocycles. The summed E-state index contributed by atoms with van der Waals surface area (Å²) in [6, 6.07) is 10.8. The van der Waals surface area contributed by atoms with E-state index in [0.717, 1.165) is 17.7 Å². The van der Waals surface area contributed by atoms with Crippen LogP contribution in [0.3, 0.4) is 0 Å². The zero-order valence-electron chi connectivity index (χ0n) is 11.4. The highest BCUT2D eigenvalue weighted by Gasteiger charge is 2.15. The van der Waals surface area contributed by atoms with Crippen molar-refractivity contribution in [3.05, 3.63) is 65.2 Å². The molecule has 1 atom stereocenters. The van der Waals surface area contributed by atoms with Crippen molar-refractivity contribution in [1.29, 1.82) is 0 Å². The molecule has 0 aliphatic carbocycles. The van der Waals surface area contributed by atoms with Gasteiger partial charge < -0.3 is 5.32 Å². The lowest BCUT2D eigenvalue weighted by molar-refractivity contribution is -0.115. The summed E-state index contributed by atoms with van der Waals surface area (Å²) in [5, 5.41) is 2.69. The highest BCUT2D eigenvalue weighted by atomic mass is 79.9. The fourth-order valence-corrected chi connectivity index (χ4v) is 2.41. The fourth-order valence-electron chi connectivity index (χ4n) is 2.01. The molecule has 0 aliphatic rings. The fraction of sp³-hybridized carbons (Fsp3) is 0.188. The SMILES string of the molecule is CC(Br)c1ccccc1NC(=O)Cc1c(F)cccc1F. The number of amides is 1. The zero-order chi connectivity index (χ0) is 15.4. The van der Waals surface area contributed by atoms with E-state index in [9.17, 15) is 13.6 Å². The first-order chi connectivity index (χ1) is 9.99. The molecule has 1 unspecified atom stereocenters. The molecule has 2 aromatic rings. The molecule has 2 nitrogen and oxygen atoms in total. The van der Waals surface area contributed by atoms with E-state index in [1.54, 1.807) is 12.1 Å². The highest BCUT2D eigenvalue weighted by Crippen LogP contribution is 2.28. The summed E-state index contributed by atoms with van der Waals surface area (Å²) in [5.74, 6) is -1.89. The third-order valence-corrected chi connectivity index (χ3v) is 3.56. The third kappa shape index (κ3) is 3.88.